The van der Waals surface area contributed by atoms with E-state index in [1.807, 2.05) is 18.2 Å². The highest BCUT2D eigenvalue weighted by atomic mass is 19.1. The second kappa shape index (κ2) is 7.84. The van der Waals surface area contributed by atoms with Gasteiger partial charge >= 0.3 is 0 Å². The molecule has 0 unspecified atom stereocenters. The molecule has 4 rings (SSSR count). The van der Waals surface area contributed by atoms with Gasteiger partial charge in [-0.15, -0.1) is 0 Å². The highest BCUT2D eigenvalue weighted by Gasteiger charge is 2.22. The average molecular weight is 372 g/mol. The first-order chi connectivity index (χ1) is 13.2. The lowest BCUT2D eigenvalue weighted by atomic mass is 10.2. The molecule has 0 aliphatic carbocycles. The average Bonchev–Trinajstić information content (AvgIpc) is 3.15. The van der Waals surface area contributed by atoms with E-state index >= 15 is 0 Å². The molecule has 2 aromatic rings. The summed E-state index contributed by atoms with van der Waals surface area (Å²) >= 11 is 0. The van der Waals surface area contributed by atoms with Gasteiger partial charge in [-0.3, -0.25) is 4.79 Å². The highest BCUT2D eigenvalue weighted by Crippen LogP contribution is 2.32. The maximum atomic E-state index is 13.0. The maximum absolute atomic E-state index is 13.0. The number of ether oxygens (including phenoxy) is 2. The predicted molar refractivity (Wildman–Crippen MR) is 98.6 cm³/mol. The maximum Gasteiger partial charge on any atom is 0.275 e. The molecule has 7 heteroatoms. The van der Waals surface area contributed by atoms with Crippen LogP contribution in [0, 0.1) is 5.82 Å². The van der Waals surface area contributed by atoms with Crippen LogP contribution in [0.15, 0.2) is 42.5 Å². The topological polar surface area (TPSA) is 55.2 Å². The SMILES string of the molecule is O=C(C[NH+]1CCN(c2ccc(F)cc2)CC1)NCc1ccc2c(c1)OCO2. The van der Waals surface area contributed by atoms with E-state index in [1.54, 1.807) is 12.1 Å². The van der Waals surface area contributed by atoms with Crippen LogP contribution in [0.5, 0.6) is 11.5 Å². The number of hydrogen-bond acceptors (Lipinski definition) is 4. The van der Waals surface area contributed by atoms with E-state index in [0.29, 0.717) is 13.1 Å². The standard InChI is InChI=1S/C20H22FN3O3/c21-16-2-4-17(5-3-16)24-9-7-23(8-10-24)13-20(25)22-12-15-1-6-18-19(11-15)27-14-26-18/h1-6,11H,7-10,12-14H2,(H,22,25)/p+1. The summed E-state index contributed by atoms with van der Waals surface area (Å²) in [6.45, 7) is 4.67. The summed E-state index contributed by atoms with van der Waals surface area (Å²) in [6, 6.07) is 12.3. The molecule has 2 aromatic carbocycles. The fraction of sp³-hybridized carbons (Fsp3) is 0.350. The third-order valence-corrected chi connectivity index (χ3v) is 5.00. The zero-order chi connectivity index (χ0) is 18.6. The van der Waals surface area contributed by atoms with Crippen LogP contribution in [-0.2, 0) is 11.3 Å². The van der Waals surface area contributed by atoms with Gasteiger partial charge in [0.25, 0.3) is 5.91 Å². The zero-order valence-corrected chi connectivity index (χ0v) is 15.0. The van der Waals surface area contributed by atoms with Crippen molar-refractivity contribution < 1.29 is 23.6 Å². The number of nitrogens with one attached hydrogen (secondary N) is 2. The Morgan fingerprint density at radius 2 is 1.81 bits per heavy atom. The molecule has 0 aromatic heterocycles. The molecule has 0 atom stereocenters. The van der Waals surface area contributed by atoms with Crippen molar-refractivity contribution in [2.45, 2.75) is 6.54 Å². The van der Waals surface area contributed by atoms with Crippen molar-refractivity contribution in [2.24, 2.45) is 0 Å². The van der Waals surface area contributed by atoms with Gasteiger partial charge in [-0.1, -0.05) is 6.07 Å². The van der Waals surface area contributed by atoms with E-state index in [9.17, 15) is 9.18 Å². The van der Waals surface area contributed by atoms with Crippen molar-refractivity contribution in [1.29, 1.82) is 0 Å². The summed E-state index contributed by atoms with van der Waals surface area (Å²) in [4.78, 5) is 15.8. The van der Waals surface area contributed by atoms with Gasteiger partial charge in [0.15, 0.2) is 18.0 Å². The minimum Gasteiger partial charge on any atom is -0.454 e. The van der Waals surface area contributed by atoms with Crippen molar-refractivity contribution in [3.8, 4) is 11.5 Å². The monoisotopic (exact) mass is 372 g/mol. The Kier molecular flexibility index (Phi) is 5.11. The third-order valence-electron chi connectivity index (χ3n) is 5.00. The lowest BCUT2D eigenvalue weighted by molar-refractivity contribution is -0.892. The number of carbonyl (C=O) groups is 1. The number of rotatable bonds is 5. The van der Waals surface area contributed by atoms with Crippen molar-refractivity contribution in [3.63, 3.8) is 0 Å². The quantitative estimate of drug-likeness (QED) is 0.806. The summed E-state index contributed by atoms with van der Waals surface area (Å²) in [6.07, 6.45) is 0. The van der Waals surface area contributed by atoms with Crippen LogP contribution < -0.4 is 24.6 Å². The predicted octanol–water partition coefficient (Wildman–Crippen LogP) is 0.576. The molecular formula is C20H23FN3O3+. The normalized spacial score (nSPS) is 16.4. The molecule has 0 saturated carbocycles. The molecule has 0 bridgehead atoms. The van der Waals surface area contributed by atoms with Crippen LogP contribution in [0.25, 0.3) is 0 Å². The van der Waals surface area contributed by atoms with E-state index in [1.165, 1.54) is 17.0 Å². The Morgan fingerprint density at radius 1 is 1.07 bits per heavy atom. The number of hydrogen-bond donors (Lipinski definition) is 2. The molecule has 1 fully saturated rings. The van der Waals surface area contributed by atoms with Crippen LogP contribution >= 0.6 is 0 Å². The number of benzene rings is 2. The van der Waals surface area contributed by atoms with Gasteiger partial charge in [-0.2, -0.15) is 0 Å². The molecule has 0 radical (unpaired) electrons. The second-order valence-corrected chi connectivity index (χ2v) is 6.85. The number of amides is 1. The molecule has 0 spiro atoms. The fourth-order valence-corrected chi connectivity index (χ4v) is 3.45. The van der Waals surface area contributed by atoms with Gasteiger partial charge in [0.2, 0.25) is 6.79 Å². The molecule has 6 nitrogen and oxygen atoms in total. The molecule has 142 valence electrons. The summed E-state index contributed by atoms with van der Waals surface area (Å²) < 4.78 is 23.7. The Hall–Kier alpha value is -2.80. The van der Waals surface area contributed by atoms with Crippen LogP contribution in [-0.4, -0.2) is 45.4 Å². The van der Waals surface area contributed by atoms with Crippen molar-refractivity contribution in [3.05, 3.63) is 53.8 Å². The van der Waals surface area contributed by atoms with Gasteiger partial charge in [0, 0.05) is 12.2 Å². The first kappa shape index (κ1) is 17.6. The zero-order valence-electron chi connectivity index (χ0n) is 15.0. The van der Waals surface area contributed by atoms with Crippen LogP contribution in [0.3, 0.4) is 0 Å². The minimum absolute atomic E-state index is 0.0397. The molecule has 2 aliphatic heterocycles. The van der Waals surface area contributed by atoms with Crippen LogP contribution in [0.1, 0.15) is 5.56 Å². The summed E-state index contributed by atoms with van der Waals surface area (Å²) in [5.41, 5.74) is 2.02. The van der Waals surface area contributed by atoms with Gasteiger partial charge in [-0.05, 0) is 42.0 Å². The number of halogens is 1. The van der Waals surface area contributed by atoms with Crippen molar-refractivity contribution >= 4 is 11.6 Å². The van der Waals surface area contributed by atoms with Gasteiger partial charge in [0.1, 0.15) is 5.82 Å². The lowest BCUT2D eigenvalue weighted by Crippen LogP contribution is -3.15. The minimum atomic E-state index is -0.220. The smallest absolute Gasteiger partial charge is 0.275 e. The Bertz CT molecular complexity index is 805. The molecule has 2 N–H and O–H groups in total. The molecular weight excluding hydrogens is 349 g/mol. The molecule has 27 heavy (non-hydrogen) atoms. The Morgan fingerprint density at radius 3 is 2.59 bits per heavy atom. The number of piperazine rings is 1. The third kappa shape index (κ3) is 4.31. The fourth-order valence-electron chi connectivity index (χ4n) is 3.45. The largest absolute Gasteiger partial charge is 0.454 e. The van der Waals surface area contributed by atoms with Crippen LogP contribution in [0.2, 0.25) is 0 Å². The lowest BCUT2D eigenvalue weighted by Gasteiger charge is -2.33. The molecule has 1 amide bonds. The molecule has 1 saturated heterocycles. The van der Waals surface area contributed by atoms with Crippen LogP contribution in [0.4, 0.5) is 10.1 Å². The van der Waals surface area contributed by atoms with E-state index in [-0.39, 0.29) is 18.5 Å². The number of carbonyl (C=O) groups excluding carboxylic acids is 1. The van der Waals surface area contributed by atoms with Crippen molar-refractivity contribution in [1.82, 2.24) is 5.32 Å². The summed E-state index contributed by atoms with van der Waals surface area (Å²) in [7, 11) is 0. The van der Waals surface area contributed by atoms with Gasteiger partial charge in [-0.25, -0.2) is 4.39 Å². The van der Waals surface area contributed by atoms with E-state index in [2.05, 4.69) is 10.2 Å². The molecule has 2 aliphatic rings. The number of nitrogens with zero attached hydrogens (tertiary/aromatic N) is 1. The summed E-state index contributed by atoms with van der Waals surface area (Å²) in [5, 5.41) is 2.98. The number of anilines is 1. The van der Waals surface area contributed by atoms with E-state index in [0.717, 1.165) is 48.9 Å². The summed E-state index contributed by atoms with van der Waals surface area (Å²) in [5.74, 6) is 1.29. The highest BCUT2D eigenvalue weighted by molar-refractivity contribution is 5.76. The second-order valence-electron chi connectivity index (χ2n) is 6.85. The first-order valence-corrected chi connectivity index (χ1v) is 9.17. The van der Waals surface area contributed by atoms with E-state index < -0.39 is 0 Å². The van der Waals surface area contributed by atoms with Gasteiger partial charge in [0.05, 0.1) is 26.2 Å². The number of quaternary nitrogens is 1. The van der Waals surface area contributed by atoms with Gasteiger partial charge < -0.3 is 24.6 Å². The Balaban J connectivity index is 1.22. The molecule has 2 heterocycles. The van der Waals surface area contributed by atoms with E-state index in [4.69, 9.17) is 9.47 Å². The number of fused-ring (bicyclic) bond motifs is 1. The first-order valence-electron chi connectivity index (χ1n) is 9.17. The Labute approximate surface area is 157 Å². The van der Waals surface area contributed by atoms with Crippen molar-refractivity contribution in [2.75, 3.05) is 44.4 Å².